The van der Waals surface area contributed by atoms with Crippen LogP contribution in [-0.4, -0.2) is 33.4 Å². The number of piperidine rings is 1. The second kappa shape index (κ2) is 6.77. The third-order valence-electron chi connectivity index (χ3n) is 4.05. The van der Waals surface area contributed by atoms with E-state index < -0.39 is 11.9 Å². The summed E-state index contributed by atoms with van der Waals surface area (Å²) in [6, 6.07) is 4.47. The van der Waals surface area contributed by atoms with Gasteiger partial charge in [-0.25, -0.2) is 0 Å². The number of carbonyl (C=O) groups excluding carboxylic acids is 2. The topological polar surface area (TPSA) is 106 Å². The van der Waals surface area contributed by atoms with Crippen LogP contribution >= 0.6 is 0 Å². The second-order valence-electron chi connectivity index (χ2n) is 5.82. The molecule has 1 unspecified atom stereocenters. The number of benzene rings is 1. The molecule has 8 nitrogen and oxygen atoms in total. The summed E-state index contributed by atoms with van der Waals surface area (Å²) in [6.45, 7) is 2.97. The Labute approximate surface area is 138 Å². The van der Waals surface area contributed by atoms with E-state index in [1.165, 1.54) is 0 Å². The van der Waals surface area contributed by atoms with Crippen molar-refractivity contribution in [2.45, 2.75) is 38.6 Å². The highest BCUT2D eigenvalue weighted by Crippen LogP contribution is 2.18. The van der Waals surface area contributed by atoms with Crippen molar-refractivity contribution in [1.82, 2.24) is 20.3 Å². The highest BCUT2D eigenvalue weighted by Gasteiger charge is 2.30. The molecule has 0 spiro atoms. The van der Waals surface area contributed by atoms with Gasteiger partial charge in [-0.15, -0.1) is 5.10 Å². The van der Waals surface area contributed by atoms with Crippen LogP contribution in [0.5, 0.6) is 0 Å². The van der Waals surface area contributed by atoms with Gasteiger partial charge in [0.15, 0.2) is 0 Å². The van der Waals surface area contributed by atoms with E-state index in [1.807, 2.05) is 6.07 Å². The Hall–Kier alpha value is -2.77. The van der Waals surface area contributed by atoms with Crippen molar-refractivity contribution in [3.8, 4) is 0 Å². The van der Waals surface area contributed by atoms with Crippen LogP contribution in [0.2, 0.25) is 0 Å². The molecule has 8 heteroatoms. The largest absolute Gasteiger partial charge is 0.385 e. The first-order valence-electron chi connectivity index (χ1n) is 8.07. The van der Waals surface area contributed by atoms with E-state index in [-0.39, 0.29) is 24.3 Å². The molecule has 2 amide bonds. The van der Waals surface area contributed by atoms with E-state index in [4.69, 9.17) is 0 Å². The molecule has 0 bridgehead atoms. The van der Waals surface area contributed by atoms with Crippen LogP contribution in [0.4, 0.5) is 5.69 Å². The van der Waals surface area contributed by atoms with Crippen LogP contribution in [0, 0.1) is 0 Å². The van der Waals surface area contributed by atoms with Crippen molar-refractivity contribution >= 4 is 28.4 Å². The summed E-state index contributed by atoms with van der Waals surface area (Å²) in [4.78, 5) is 35.8. The molecule has 2 heterocycles. The Kier molecular flexibility index (Phi) is 4.54. The van der Waals surface area contributed by atoms with Crippen LogP contribution in [0.25, 0.3) is 10.9 Å². The van der Waals surface area contributed by atoms with Gasteiger partial charge in [-0.1, -0.05) is 18.6 Å². The lowest BCUT2D eigenvalue weighted by atomic mass is 10.1. The van der Waals surface area contributed by atoms with Gasteiger partial charge in [0.25, 0.3) is 11.5 Å². The van der Waals surface area contributed by atoms with Crippen molar-refractivity contribution in [2.75, 3.05) is 11.9 Å². The monoisotopic (exact) mass is 329 g/mol. The number of aromatic nitrogens is 3. The lowest BCUT2D eigenvalue weighted by Gasteiger charge is -2.21. The van der Waals surface area contributed by atoms with Gasteiger partial charge in [-0.3, -0.25) is 19.7 Å². The first-order valence-corrected chi connectivity index (χ1v) is 8.07. The zero-order chi connectivity index (χ0) is 17.1. The van der Waals surface area contributed by atoms with Gasteiger partial charge in [-0.05, 0) is 31.0 Å². The Bertz CT molecular complexity index is 845. The van der Waals surface area contributed by atoms with E-state index in [0.717, 1.165) is 29.8 Å². The number of unbranched alkanes of at least 4 members (excludes halogenated alkanes) is 1. The van der Waals surface area contributed by atoms with Gasteiger partial charge in [0, 0.05) is 18.7 Å². The fraction of sp³-hybridized carbons (Fsp3) is 0.438. The summed E-state index contributed by atoms with van der Waals surface area (Å²) in [5.74, 6) is -0.847. The number of amides is 2. The van der Waals surface area contributed by atoms with Crippen LogP contribution in [-0.2, 0) is 9.59 Å². The number of carbonyl (C=O) groups is 2. The summed E-state index contributed by atoms with van der Waals surface area (Å²) in [5.41, 5.74) is 0.975. The maximum absolute atomic E-state index is 12.6. The van der Waals surface area contributed by atoms with E-state index >= 15 is 0 Å². The molecule has 24 heavy (non-hydrogen) atoms. The minimum absolute atomic E-state index is 0.183. The van der Waals surface area contributed by atoms with Crippen molar-refractivity contribution < 1.29 is 9.59 Å². The van der Waals surface area contributed by atoms with Gasteiger partial charge in [-0.2, -0.15) is 4.68 Å². The lowest BCUT2D eigenvalue weighted by molar-refractivity contribution is -0.136. The lowest BCUT2D eigenvalue weighted by Crippen LogP contribution is -2.45. The van der Waals surface area contributed by atoms with Gasteiger partial charge in [0.2, 0.25) is 5.91 Å². The molecule has 1 fully saturated rings. The molecule has 2 aromatic rings. The van der Waals surface area contributed by atoms with Crippen molar-refractivity contribution in [3.05, 3.63) is 28.6 Å². The van der Waals surface area contributed by atoms with Gasteiger partial charge in [0.05, 0.1) is 5.39 Å². The minimum Gasteiger partial charge on any atom is -0.385 e. The summed E-state index contributed by atoms with van der Waals surface area (Å²) < 4.78 is 1.06. The van der Waals surface area contributed by atoms with E-state index in [1.54, 1.807) is 12.1 Å². The third-order valence-corrected chi connectivity index (χ3v) is 4.05. The Morgan fingerprint density at radius 2 is 2.17 bits per heavy atom. The zero-order valence-electron chi connectivity index (χ0n) is 13.4. The average molecular weight is 329 g/mol. The molecule has 0 saturated carbocycles. The number of hydrogen-bond acceptors (Lipinski definition) is 6. The first-order chi connectivity index (χ1) is 11.6. The fourth-order valence-corrected chi connectivity index (χ4v) is 2.69. The van der Waals surface area contributed by atoms with Crippen LogP contribution in [0.3, 0.4) is 0 Å². The molecule has 1 aromatic carbocycles. The Morgan fingerprint density at radius 1 is 1.33 bits per heavy atom. The highest BCUT2D eigenvalue weighted by atomic mass is 16.2. The van der Waals surface area contributed by atoms with Crippen molar-refractivity contribution in [3.63, 3.8) is 0 Å². The summed E-state index contributed by atoms with van der Waals surface area (Å²) in [6.07, 6.45) is 2.59. The molecular formula is C16H19N5O3. The average Bonchev–Trinajstić information content (AvgIpc) is 2.56. The van der Waals surface area contributed by atoms with Crippen LogP contribution in [0.1, 0.15) is 38.6 Å². The normalized spacial score (nSPS) is 17.8. The molecule has 1 aromatic heterocycles. The number of anilines is 1. The fourth-order valence-electron chi connectivity index (χ4n) is 2.69. The van der Waals surface area contributed by atoms with E-state index in [0.29, 0.717) is 10.9 Å². The number of hydrogen-bond donors (Lipinski definition) is 2. The molecule has 0 radical (unpaired) electrons. The maximum Gasteiger partial charge on any atom is 0.278 e. The van der Waals surface area contributed by atoms with Crippen LogP contribution < -0.4 is 16.2 Å². The predicted molar refractivity (Wildman–Crippen MR) is 88.6 cm³/mol. The molecule has 126 valence electrons. The highest BCUT2D eigenvalue weighted by molar-refractivity contribution is 5.99. The minimum atomic E-state index is -0.797. The van der Waals surface area contributed by atoms with Gasteiger partial charge >= 0.3 is 0 Å². The Morgan fingerprint density at radius 3 is 2.92 bits per heavy atom. The molecule has 0 aliphatic carbocycles. The molecule has 2 N–H and O–H groups in total. The van der Waals surface area contributed by atoms with E-state index in [2.05, 4.69) is 27.9 Å². The molecule has 3 rings (SSSR count). The smallest absolute Gasteiger partial charge is 0.278 e. The summed E-state index contributed by atoms with van der Waals surface area (Å²) >= 11 is 0. The number of rotatable bonds is 5. The number of fused-ring (bicyclic) bond motifs is 1. The maximum atomic E-state index is 12.6. The van der Waals surface area contributed by atoms with Gasteiger partial charge in [0.1, 0.15) is 11.6 Å². The zero-order valence-corrected chi connectivity index (χ0v) is 13.4. The third kappa shape index (κ3) is 3.12. The molecule has 1 atom stereocenters. The summed E-state index contributed by atoms with van der Waals surface area (Å²) in [7, 11) is 0. The Balaban J connectivity index is 1.91. The van der Waals surface area contributed by atoms with Crippen LogP contribution in [0.15, 0.2) is 23.0 Å². The standard InChI is InChI=1S/C16H19N5O3/c1-2-3-8-17-10-4-5-11-12(9-10)19-20-21(16(11)24)13-6-7-14(22)18-15(13)23/h4-5,9,13,17H,2-3,6-8H2,1H3,(H,18,22,23). The van der Waals surface area contributed by atoms with Crippen molar-refractivity contribution in [2.24, 2.45) is 0 Å². The SMILES string of the molecule is CCCCNc1ccc2c(=O)n(C3CCC(=O)NC3=O)nnc2c1. The molecular weight excluding hydrogens is 310 g/mol. The molecule has 1 aliphatic rings. The molecule has 1 saturated heterocycles. The molecule has 1 aliphatic heterocycles. The number of nitrogens with one attached hydrogen (secondary N) is 2. The van der Waals surface area contributed by atoms with Gasteiger partial charge < -0.3 is 5.32 Å². The number of nitrogens with zero attached hydrogens (tertiary/aromatic N) is 3. The predicted octanol–water partition coefficient (Wildman–Crippen LogP) is 0.981. The van der Waals surface area contributed by atoms with Crippen molar-refractivity contribution in [1.29, 1.82) is 0 Å². The summed E-state index contributed by atoms with van der Waals surface area (Å²) in [5, 5.41) is 13.9. The first kappa shape index (κ1) is 16.1. The number of imide groups is 1. The quantitative estimate of drug-likeness (QED) is 0.626. The van der Waals surface area contributed by atoms with E-state index in [9.17, 15) is 14.4 Å². The second-order valence-corrected chi connectivity index (χ2v) is 5.82.